The highest BCUT2D eigenvalue weighted by molar-refractivity contribution is 7.81. The first-order valence-corrected chi connectivity index (χ1v) is 6.79. The van der Waals surface area contributed by atoms with Gasteiger partial charge in [-0.3, -0.25) is 0 Å². The van der Waals surface area contributed by atoms with Crippen molar-refractivity contribution in [2.24, 2.45) is 0 Å². The summed E-state index contributed by atoms with van der Waals surface area (Å²) in [4.78, 5) is 4.27. The van der Waals surface area contributed by atoms with Gasteiger partial charge in [-0.2, -0.15) is 8.42 Å². The third-order valence-electron chi connectivity index (χ3n) is 1.92. The van der Waals surface area contributed by atoms with Crippen LogP contribution in [-0.2, 0) is 10.5 Å². The van der Waals surface area contributed by atoms with Gasteiger partial charge in [0.15, 0.2) is 0 Å². The van der Waals surface area contributed by atoms with Gasteiger partial charge in [-0.15, -0.1) is 11.3 Å². The molecule has 0 fully saturated rings. The van der Waals surface area contributed by atoms with Crippen molar-refractivity contribution in [3.8, 4) is 16.3 Å². The van der Waals surface area contributed by atoms with Gasteiger partial charge in [0.1, 0.15) is 10.8 Å². The molecule has 4 nitrogen and oxygen atoms in total. The molecular formula is C10H8FNO3S2. The Kier molecular flexibility index (Phi) is 3.12. The summed E-state index contributed by atoms with van der Waals surface area (Å²) in [6, 6.07) is 6.00. The summed E-state index contributed by atoms with van der Waals surface area (Å²) in [5.74, 6) is -0.0653. The minimum Gasteiger partial charge on any atom is -0.358 e. The maximum Gasteiger partial charge on any atom is 0.488 e. The average molecular weight is 273 g/mol. The topological polar surface area (TPSA) is 56.3 Å². The van der Waals surface area contributed by atoms with Crippen LogP contribution in [0.4, 0.5) is 3.89 Å². The van der Waals surface area contributed by atoms with Crippen molar-refractivity contribution in [3.63, 3.8) is 0 Å². The molecule has 0 saturated heterocycles. The monoisotopic (exact) mass is 273 g/mol. The largest absolute Gasteiger partial charge is 0.488 e. The fourth-order valence-electron chi connectivity index (χ4n) is 1.25. The van der Waals surface area contributed by atoms with Crippen LogP contribution in [0.25, 0.3) is 10.6 Å². The molecule has 90 valence electrons. The van der Waals surface area contributed by atoms with E-state index in [4.69, 9.17) is 0 Å². The Morgan fingerprint density at radius 2 is 1.94 bits per heavy atom. The number of thiazole rings is 1. The minimum absolute atomic E-state index is 0.0653. The molecule has 0 saturated carbocycles. The lowest BCUT2D eigenvalue weighted by atomic mass is 10.2. The lowest BCUT2D eigenvalue weighted by Crippen LogP contribution is -2.00. The second-order valence-electron chi connectivity index (χ2n) is 3.29. The van der Waals surface area contributed by atoms with E-state index in [1.807, 2.05) is 12.3 Å². The van der Waals surface area contributed by atoms with E-state index in [1.54, 1.807) is 12.1 Å². The second-order valence-corrected chi connectivity index (χ2v) is 5.11. The number of rotatable bonds is 3. The Bertz CT molecular complexity index is 619. The summed E-state index contributed by atoms with van der Waals surface area (Å²) in [6.07, 6.45) is 0. The summed E-state index contributed by atoms with van der Waals surface area (Å²) in [7, 11) is -4.96. The molecular weight excluding hydrogens is 265 g/mol. The Hall–Kier alpha value is -1.47. The molecule has 0 atom stereocenters. The molecule has 1 aromatic carbocycles. The summed E-state index contributed by atoms with van der Waals surface area (Å²) in [5.41, 5.74) is 1.74. The molecule has 0 aliphatic rings. The third kappa shape index (κ3) is 3.24. The summed E-state index contributed by atoms with van der Waals surface area (Å²) in [5, 5.41) is 2.73. The Labute approximate surface area is 102 Å². The number of hydrogen-bond acceptors (Lipinski definition) is 5. The fourth-order valence-corrected chi connectivity index (χ4v) is 2.40. The Balaban J connectivity index is 2.24. The maximum absolute atomic E-state index is 12.2. The minimum atomic E-state index is -4.96. The molecule has 0 bridgehead atoms. The van der Waals surface area contributed by atoms with Crippen molar-refractivity contribution in [1.82, 2.24) is 4.98 Å². The molecule has 0 unspecified atom stereocenters. The van der Waals surface area contributed by atoms with E-state index in [-0.39, 0.29) is 5.75 Å². The quantitative estimate of drug-likeness (QED) is 0.807. The summed E-state index contributed by atoms with van der Waals surface area (Å²) in [6.45, 7) is 1.88. The smallest absolute Gasteiger partial charge is 0.358 e. The molecule has 0 radical (unpaired) electrons. The summed E-state index contributed by atoms with van der Waals surface area (Å²) >= 11 is 1.48. The van der Waals surface area contributed by atoms with E-state index in [0.717, 1.165) is 16.3 Å². The number of aromatic nitrogens is 1. The molecule has 1 aromatic heterocycles. The number of nitrogens with zero attached hydrogens (tertiary/aromatic N) is 1. The van der Waals surface area contributed by atoms with Gasteiger partial charge in [0, 0.05) is 16.6 Å². The second kappa shape index (κ2) is 4.42. The van der Waals surface area contributed by atoms with E-state index in [0.29, 0.717) is 0 Å². The zero-order valence-electron chi connectivity index (χ0n) is 8.75. The Morgan fingerprint density at radius 1 is 1.29 bits per heavy atom. The van der Waals surface area contributed by atoms with E-state index >= 15 is 0 Å². The fraction of sp³-hybridized carbons (Fsp3) is 0.100. The molecule has 1 heterocycles. The zero-order valence-corrected chi connectivity index (χ0v) is 10.4. The summed E-state index contributed by atoms with van der Waals surface area (Å²) < 4.78 is 36.8. The molecule has 17 heavy (non-hydrogen) atoms. The molecule has 0 N–H and O–H groups in total. The van der Waals surface area contributed by atoms with Gasteiger partial charge in [-0.1, -0.05) is 3.89 Å². The molecule has 7 heteroatoms. The van der Waals surface area contributed by atoms with Crippen LogP contribution in [-0.4, -0.2) is 13.4 Å². The molecule has 0 aliphatic carbocycles. The highest BCUT2D eigenvalue weighted by Gasteiger charge is 2.09. The number of hydrogen-bond donors (Lipinski definition) is 0. The molecule has 0 aliphatic heterocycles. The van der Waals surface area contributed by atoms with Crippen LogP contribution >= 0.6 is 11.3 Å². The van der Waals surface area contributed by atoms with Gasteiger partial charge < -0.3 is 4.18 Å². The molecule has 2 rings (SSSR count). The van der Waals surface area contributed by atoms with Crippen LogP contribution in [0.5, 0.6) is 5.75 Å². The van der Waals surface area contributed by atoms with E-state index in [2.05, 4.69) is 9.17 Å². The highest BCUT2D eigenvalue weighted by atomic mass is 32.3. The number of halogens is 1. The zero-order chi connectivity index (χ0) is 12.5. The van der Waals surface area contributed by atoms with Gasteiger partial charge in [-0.25, -0.2) is 4.98 Å². The van der Waals surface area contributed by atoms with Gasteiger partial charge in [-0.05, 0) is 31.2 Å². The Morgan fingerprint density at radius 3 is 2.41 bits per heavy atom. The van der Waals surface area contributed by atoms with Crippen LogP contribution in [0.3, 0.4) is 0 Å². The van der Waals surface area contributed by atoms with Crippen molar-refractivity contribution in [2.45, 2.75) is 6.92 Å². The highest BCUT2D eigenvalue weighted by Crippen LogP contribution is 2.25. The van der Waals surface area contributed by atoms with Crippen molar-refractivity contribution >= 4 is 21.8 Å². The van der Waals surface area contributed by atoms with Crippen molar-refractivity contribution in [3.05, 3.63) is 35.3 Å². The number of benzene rings is 1. The lowest BCUT2D eigenvalue weighted by molar-refractivity contribution is 0.440. The predicted octanol–water partition coefficient (Wildman–Crippen LogP) is 2.71. The van der Waals surface area contributed by atoms with E-state index in [9.17, 15) is 12.3 Å². The van der Waals surface area contributed by atoms with Crippen LogP contribution in [0.1, 0.15) is 5.69 Å². The van der Waals surface area contributed by atoms with Crippen molar-refractivity contribution in [2.75, 3.05) is 0 Å². The average Bonchev–Trinajstić information content (AvgIpc) is 2.63. The van der Waals surface area contributed by atoms with Crippen LogP contribution in [0.15, 0.2) is 29.6 Å². The lowest BCUT2D eigenvalue weighted by Gasteiger charge is -2.00. The van der Waals surface area contributed by atoms with Gasteiger partial charge in [0.25, 0.3) is 0 Å². The van der Waals surface area contributed by atoms with E-state index < -0.39 is 10.5 Å². The first-order chi connectivity index (χ1) is 7.94. The van der Waals surface area contributed by atoms with Crippen molar-refractivity contribution < 1.29 is 16.5 Å². The van der Waals surface area contributed by atoms with Crippen molar-refractivity contribution in [1.29, 1.82) is 0 Å². The molecule has 2 aromatic rings. The number of aryl methyl sites for hydroxylation is 1. The van der Waals surface area contributed by atoms with Gasteiger partial charge in [0.05, 0.1) is 0 Å². The maximum atomic E-state index is 12.2. The van der Waals surface area contributed by atoms with Gasteiger partial charge >= 0.3 is 10.5 Å². The predicted molar refractivity (Wildman–Crippen MR) is 62.9 cm³/mol. The standard InChI is InChI=1S/C10H8FNO3S2/c1-7-6-16-10(12-7)8-2-4-9(5-3-8)15-17(11,13)14/h2-6H,1H3. The van der Waals surface area contributed by atoms with Crippen LogP contribution in [0.2, 0.25) is 0 Å². The first kappa shape index (κ1) is 12.0. The van der Waals surface area contributed by atoms with E-state index in [1.165, 1.54) is 23.5 Å². The van der Waals surface area contributed by atoms with Gasteiger partial charge in [0.2, 0.25) is 0 Å². The molecule has 0 spiro atoms. The third-order valence-corrected chi connectivity index (χ3v) is 3.32. The SMILES string of the molecule is Cc1csc(-c2ccc(OS(=O)(=O)F)cc2)n1. The van der Waals surface area contributed by atoms with Crippen LogP contribution in [0, 0.1) is 6.92 Å². The first-order valence-electron chi connectivity index (χ1n) is 4.61. The normalized spacial score (nSPS) is 11.4. The van der Waals surface area contributed by atoms with Crippen LogP contribution < -0.4 is 4.18 Å². The molecule has 0 amide bonds.